The van der Waals surface area contributed by atoms with Gasteiger partial charge in [-0.05, 0) is 24.3 Å². The van der Waals surface area contributed by atoms with Crippen molar-refractivity contribution >= 4 is 0 Å². The summed E-state index contributed by atoms with van der Waals surface area (Å²) in [5.74, 6) is 0.106. The zero-order chi connectivity index (χ0) is 13.9. The maximum atomic E-state index is 12.9. The topological polar surface area (TPSA) is 68.4 Å². The highest BCUT2D eigenvalue weighted by atomic mass is 19.1. The summed E-state index contributed by atoms with van der Waals surface area (Å²) in [7, 11) is 0. The molecule has 1 heterocycles. The molecular weight excluding hydrogens is 263 g/mol. The van der Waals surface area contributed by atoms with Gasteiger partial charge in [-0.3, -0.25) is 0 Å². The quantitative estimate of drug-likeness (QED) is 0.791. The highest BCUT2D eigenvalue weighted by Gasteiger charge is 2.12. The smallest absolute Gasteiger partial charge is 0.214 e. The molecule has 0 aliphatic carbocycles. The van der Waals surface area contributed by atoms with Crippen molar-refractivity contribution in [3.8, 4) is 28.6 Å². The molecule has 2 aromatic carbocycles. The summed E-state index contributed by atoms with van der Waals surface area (Å²) in [4.78, 5) is 3.95. The van der Waals surface area contributed by atoms with Gasteiger partial charge in [0.2, 0.25) is 12.2 Å². The number of aromatic nitrogens is 2. The van der Waals surface area contributed by atoms with Crippen LogP contribution in [0.2, 0.25) is 0 Å². The molecule has 0 saturated heterocycles. The van der Waals surface area contributed by atoms with Gasteiger partial charge >= 0.3 is 0 Å². The maximum Gasteiger partial charge on any atom is 0.214 e. The fraction of sp³-hybridized carbons (Fsp3) is 0. The van der Waals surface area contributed by atoms with E-state index in [1.807, 2.05) is 0 Å². The molecule has 3 rings (SSSR count). The van der Waals surface area contributed by atoms with Crippen LogP contribution in [0.25, 0.3) is 11.4 Å². The molecule has 5 nitrogen and oxygen atoms in total. The summed E-state index contributed by atoms with van der Waals surface area (Å²) in [6, 6.07) is 10.5. The fourth-order valence-corrected chi connectivity index (χ4v) is 1.72. The molecule has 100 valence electrons. The minimum absolute atomic E-state index is 0.141. The van der Waals surface area contributed by atoms with Gasteiger partial charge in [0.25, 0.3) is 0 Å². The van der Waals surface area contributed by atoms with Crippen molar-refractivity contribution in [3.05, 3.63) is 54.7 Å². The SMILES string of the molecule is Oc1cc(F)ccc1Oc1ccccc1-c1ncon1. The van der Waals surface area contributed by atoms with Crippen LogP contribution in [-0.2, 0) is 0 Å². The largest absolute Gasteiger partial charge is 0.504 e. The third-order valence-electron chi connectivity index (χ3n) is 2.63. The van der Waals surface area contributed by atoms with Crippen molar-refractivity contribution in [3.63, 3.8) is 0 Å². The van der Waals surface area contributed by atoms with Crippen LogP contribution in [0, 0.1) is 5.82 Å². The number of aromatic hydroxyl groups is 1. The molecule has 20 heavy (non-hydrogen) atoms. The molecular formula is C14H9FN2O3. The highest BCUT2D eigenvalue weighted by Crippen LogP contribution is 2.35. The van der Waals surface area contributed by atoms with Crippen LogP contribution in [-0.4, -0.2) is 15.2 Å². The summed E-state index contributed by atoms with van der Waals surface area (Å²) in [6.07, 6.45) is 1.21. The lowest BCUT2D eigenvalue weighted by molar-refractivity contribution is 0.406. The van der Waals surface area contributed by atoms with Crippen molar-refractivity contribution in [1.29, 1.82) is 0 Å². The molecule has 0 aliphatic heterocycles. The van der Waals surface area contributed by atoms with Crippen LogP contribution in [0.15, 0.2) is 53.4 Å². The number of benzene rings is 2. The van der Waals surface area contributed by atoms with Gasteiger partial charge in [0.15, 0.2) is 11.5 Å². The number of nitrogens with zero attached hydrogens (tertiary/aromatic N) is 2. The summed E-state index contributed by atoms with van der Waals surface area (Å²) in [6.45, 7) is 0. The number of phenolic OH excluding ortho intramolecular Hbond substituents is 1. The summed E-state index contributed by atoms with van der Waals surface area (Å²) in [5.41, 5.74) is 0.602. The average Bonchev–Trinajstić information content (AvgIpc) is 2.96. The van der Waals surface area contributed by atoms with Crippen LogP contribution in [0.5, 0.6) is 17.2 Å². The van der Waals surface area contributed by atoms with E-state index in [1.165, 1.54) is 18.5 Å². The molecule has 0 amide bonds. The Hall–Kier alpha value is -2.89. The van der Waals surface area contributed by atoms with Gasteiger partial charge in [0, 0.05) is 6.07 Å². The van der Waals surface area contributed by atoms with E-state index in [0.29, 0.717) is 17.1 Å². The number of phenols is 1. The second kappa shape index (κ2) is 5.00. The van der Waals surface area contributed by atoms with Crippen molar-refractivity contribution in [2.24, 2.45) is 0 Å². The standard InChI is InChI=1S/C14H9FN2O3/c15-9-5-6-13(11(18)7-9)20-12-4-2-1-3-10(12)14-16-8-19-17-14/h1-8,18H. The molecule has 1 N–H and O–H groups in total. The molecule has 3 aromatic rings. The maximum absolute atomic E-state index is 12.9. The summed E-state index contributed by atoms with van der Waals surface area (Å²) < 4.78 is 23.2. The molecule has 0 aliphatic rings. The minimum Gasteiger partial charge on any atom is -0.504 e. The highest BCUT2D eigenvalue weighted by molar-refractivity contribution is 5.64. The van der Waals surface area contributed by atoms with Gasteiger partial charge < -0.3 is 14.4 Å². The molecule has 0 atom stereocenters. The van der Waals surface area contributed by atoms with Gasteiger partial charge in [0.1, 0.15) is 11.6 Å². The van der Waals surface area contributed by atoms with Crippen molar-refractivity contribution in [1.82, 2.24) is 10.1 Å². The number of hydrogen-bond donors (Lipinski definition) is 1. The van der Waals surface area contributed by atoms with Crippen LogP contribution < -0.4 is 4.74 Å². The lowest BCUT2D eigenvalue weighted by Gasteiger charge is -2.10. The number of hydrogen-bond acceptors (Lipinski definition) is 5. The molecule has 1 aromatic heterocycles. The van der Waals surface area contributed by atoms with E-state index in [1.54, 1.807) is 24.3 Å². The first-order chi connectivity index (χ1) is 9.74. The lowest BCUT2D eigenvalue weighted by Crippen LogP contribution is -1.90. The normalized spacial score (nSPS) is 10.4. The molecule has 0 fully saturated rings. The first kappa shape index (κ1) is 12.2. The number of ether oxygens (including phenoxy) is 1. The first-order valence-electron chi connectivity index (χ1n) is 5.76. The summed E-state index contributed by atoms with van der Waals surface area (Å²) >= 11 is 0. The van der Waals surface area contributed by atoms with Crippen LogP contribution in [0.1, 0.15) is 0 Å². The molecule has 0 spiro atoms. The molecule has 0 unspecified atom stereocenters. The van der Waals surface area contributed by atoms with E-state index in [9.17, 15) is 9.50 Å². The van der Waals surface area contributed by atoms with Crippen molar-refractivity contribution in [2.45, 2.75) is 0 Å². The van der Waals surface area contributed by atoms with Crippen LogP contribution >= 0.6 is 0 Å². The van der Waals surface area contributed by atoms with Crippen molar-refractivity contribution < 1.29 is 18.8 Å². The minimum atomic E-state index is -0.540. The summed E-state index contributed by atoms with van der Waals surface area (Å²) in [5, 5.41) is 13.4. The Morgan fingerprint density at radius 1 is 1.10 bits per heavy atom. The molecule has 0 bridgehead atoms. The Labute approximate surface area is 113 Å². The van der Waals surface area contributed by atoms with Gasteiger partial charge in [-0.2, -0.15) is 4.98 Å². The second-order valence-electron chi connectivity index (χ2n) is 3.97. The van der Waals surface area contributed by atoms with E-state index in [4.69, 9.17) is 9.26 Å². The molecule has 6 heteroatoms. The van der Waals surface area contributed by atoms with Gasteiger partial charge in [-0.15, -0.1) is 0 Å². The van der Waals surface area contributed by atoms with E-state index >= 15 is 0 Å². The lowest BCUT2D eigenvalue weighted by atomic mass is 10.2. The Morgan fingerprint density at radius 2 is 1.95 bits per heavy atom. The van der Waals surface area contributed by atoms with Gasteiger partial charge in [0.05, 0.1) is 5.56 Å². The first-order valence-corrected chi connectivity index (χ1v) is 5.76. The Balaban J connectivity index is 1.99. The molecule has 0 radical (unpaired) electrons. The Morgan fingerprint density at radius 3 is 2.70 bits per heavy atom. The predicted octanol–water partition coefficient (Wildman–Crippen LogP) is 3.37. The third kappa shape index (κ3) is 2.31. The van der Waals surface area contributed by atoms with Gasteiger partial charge in [-0.1, -0.05) is 17.3 Å². The van der Waals surface area contributed by atoms with E-state index < -0.39 is 5.82 Å². The zero-order valence-corrected chi connectivity index (χ0v) is 10.2. The zero-order valence-electron chi connectivity index (χ0n) is 10.2. The van der Waals surface area contributed by atoms with E-state index in [0.717, 1.165) is 6.07 Å². The monoisotopic (exact) mass is 272 g/mol. The number of para-hydroxylation sites is 1. The third-order valence-corrected chi connectivity index (χ3v) is 2.63. The number of halogens is 1. The second-order valence-corrected chi connectivity index (χ2v) is 3.97. The van der Waals surface area contributed by atoms with Crippen molar-refractivity contribution in [2.75, 3.05) is 0 Å². The average molecular weight is 272 g/mol. The molecule has 0 saturated carbocycles. The Bertz CT molecular complexity index is 729. The number of rotatable bonds is 3. The van der Waals surface area contributed by atoms with E-state index in [-0.39, 0.29) is 11.5 Å². The fourth-order valence-electron chi connectivity index (χ4n) is 1.72. The van der Waals surface area contributed by atoms with Crippen LogP contribution in [0.4, 0.5) is 4.39 Å². The predicted molar refractivity (Wildman–Crippen MR) is 67.9 cm³/mol. The Kier molecular flexibility index (Phi) is 3.04. The van der Waals surface area contributed by atoms with E-state index in [2.05, 4.69) is 10.1 Å². The van der Waals surface area contributed by atoms with Gasteiger partial charge in [-0.25, -0.2) is 4.39 Å². The van der Waals surface area contributed by atoms with Crippen LogP contribution in [0.3, 0.4) is 0 Å².